The zero-order valence-corrected chi connectivity index (χ0v) is 34.0. The van der Waals surface area contributed by atoms with E-state index in [-0.39, 0.29) is 11.9 Å². The van der Waals surface area contributed by atoms with Gasteiger partial charge in [-0.3, -0.25) is 9.59 Å². The van der Waals surface area contributed by atoms with Gasteiger partial charge in [-0.05, 0) is 89.1 Å². The van der Waals surface area contributed by atoms with Gasteiger partial charge in [0, 0.05) is 12.8 Å². The van der Waals surface area contributed by atoms with Crippen LogP contribution in [0.3, 0.4) is 0 Å². The third kappa shape index (κ3) is 33.3. The van der Waals surface area contributed by atoms with Crippen molar-refractivity contribution in [3.05, 3.63) is 24.1 Å². The number of unbranched alkanes of at least 4 members (excludes halogenated alkanes) is 14. The Balaban J connectivity index is 3.93. The van der Waals surface area contributed by atoms with Crippen molar-refractivity contribution in [2.24, 2.45) is 17.8 Å². The van der Waals surface area contributed by atoms with E-state index < -0.39 is 0 Å². The van der Waals surface area contributed by atoms with Crippen LogP contribution in [0.5, 0.6) is 0 Å². The fraction of sp³-hybridized carbons (Fsp3) is 0.867. The zero-order valence-electron chi connectivity index (χ0n) is 34.0. The van der Waals surface area contributed by atoms with E-state index >= 15 is 0 Å². The average Bonchev–Trinajstić information content (AvgIpc) is 3.11. The molecule has 0 bridgehead atoms. The number of carbonyl (C=O) groups excluding carboxylic acids is 2. The molecule has 3 atom stereocenters. The molecule has 3 unspecified atom stereocenters. The molecule has 0 aromatic carbocycles. The van der Waals surface area contributed by atoms with Crippen LogP contribution in [0.2, 0.25) is 0 Å². The van der Waals surface area contributed by atoms with Crippen LogP contribution in [0.1, 0.15) is 201 Å². The first kappa shape index (κ1) is 48.2. The Morgan fingerprint density at radius 3 is 1.60 bits per heavy atom. The van der Waals surface area contributed by atoms with E-state index in [9.17, 15) is 9.59 Å². The largest absolute Gasteiger partial charge is 0.466 e. The zero-order chi connectivity index (χ0) is 36.9. The molecule has 0 aliphatic heterocycles. The summed E-state index contributed by atoms with van der Waals surface area (Å²) in [6.07, 6.45) is 33.5. The van der Waals surface area contributed by atoms with Crippen LogP contribution in [0, 0.1) is 17.8 Å². The van der Waals surface area contributed by atoms with Gasteiger partial charge in [0.15, 0.2) is 0 Å². The van der Waals surface area contributed by atoms with Gasteiger partial charge in [0.25, 0.3) is 0 Å². The number of esters is 2. The molecular formula is C45H83NO4. The first-order valence-electron chi connectivity index (χ1n) is 21.5. The normalized spacial score (nSPS) is 13.0. The highest BCUT2D eigenvalue weighted by molar-refractivity contribution is 5.69. The minimum Gasteiger partial charge on any atom is -0.466 e. The maximum absolute atomic E-state index is 12.2. The highest BCUT2D eigenvalue weighted by Gasteiger charge is 2.11. The lowest BCUT2D eigenvalue weighted by Crippen LogP contribution is -2.21. The van der Waals surface area contributed by atoms with Gasteiger partial charge in [-0.15, -0.1) is 0 Å². The Labute approximate surface area is 311 Å². The molecule has 5 nitrogen and oxygen atoms in total. The molecule has 0 rings (SSSR count). The molecule has 0 N–H and O–H groups in total. The van der Waals surface area contributed by atoms with Crippen LogP contribution in [-0.4, -0.2) is 50.2 Å². The molecule has 292 valence electrons. The predicted molar refractivity (Wildman–Crippen MR) is 214 cm³/mol. The van der Waals surface area contributed by atoms with Crippen LogP contribution in [0.4, 0.5) is 0 Å². The molecule has 0 fully saturated rings. The van der Waals surface area contributed by atoms with Crippen molar-refractivity contribution in [1.82, 2.24) is 4.90 Å². The standard InChI is InChI=1S/C45H83NO4/c1-7-11-28-41(5)36-39-49-44(47)33-26-22-18-14-16-20-24-31-42(35-38-46(6)10-4)32-25-21-17-15-19-23-27-34-45(48)50-40-37-43(29-12-8-2)30-13-9-3/h29,41-43H,2,7,9-11,13-28,30-40H2,1,3-6H3. The van der Waals surface area contributed by atoms with E-state index in [1.165, 1.54) is 122 Å². The van der Waals surface area contributed by atoms with Crippen molar-refractivity contribution in [2.75, 3.05) is 33.4 Å². The van der Waals surface area contributed by atoms with E-state index in [0.29, 0.717) is 37.9 Å². The van der Waals surface area contributed by atoms with E-state index in [2.05, 4.69) is 57.7 Å². The molecular weight excluding hydrogens is 618 g/mol. The maximum atomic E-state index is 12.2. The summed E-state index contributed by atoms with van der Waals surface area (Å²) in [5.74, 6) is 1.85. The number of carbonyl (C=O) groups is 2. The predicted octanol–water partition coefficient (Wildman–Crippen LogP) is 13.0. The number of rotatable bonds is 37. The van der Waals surface area contributed by atoms with Gasteiger partial charge in [-0.1, -0.05) is 161 Å². The van der Waals surface area contributed by atoms with E-state index in [4.69, 9.17) is 9.47 Å². The molecule has 0 heterocycles. The van der Waals surface area contributed by atoms with E-state index in [0.717, 1.165) is 57.4 Å². The fourth-order valence-electron chi connectivity index (χ4n) is 6.66. The smallest absolute Gasteiger partial charge is 0.305 e. The number of hydrogen-bond acceptors (Lipinski definition) is 5. The summed E-state index contributed by atoms with van der Waals surface area (Å²) in [5.41, 5.74) is 5.67. The van der Waals surface area contributed by atoms with Gasteiger partial charge in [0.05, 0.1) is 13.2 Å². The lowest BCUT2D eigenvalue weighted by atomic mass is 9.91. The number of allylic oxidation sites excluding steroid dienone is 1. The van der Waals surface area contributed by atoms with Crippen molar-refractivity contribution < 1.29 is 19.1 Å². The highest BCUT2D eigenvalue weighted by Crippen LogP contribution is 2.23. The molecule has 0 aliphatic carbocycles. The minimum atomic E-state index is -0.0467. The third-order valence-electron chi connectivity index (χ3n) is 10.5. The molecule has 5 heteroatoms. The van der Waals surface area contributed by atoms with Gasteiger partial charge in [-0.25, -0.2) is 0 Å². The lowest BCUT2D eigenvalue weighted by Gasteiger charge is -2.21. The van der Waals surface area contributed by atoms with Gasteiger partial charge in [-0.2, -0.15) is 0 Å². The van der Waals surface area contributed by atoms with Crippen molar-refractivity contribution in [2.45, 2.75) is 201 Å². The van der Waals surface area contributed by atoms with Gasteiger partial charge in [0.2, 0.25) is 0 Å². The molecule has 50 heavy (non-hydrogen) atoms. The Hall–Kier alpha value is -1.80. The van der Waals surface area contributed by atoms with Crippen LogP contribution in [0.25, 0.3) is 0 Å². The fourth-order valence-corrected chi connectivity index (χ4v) is 6.66. The molecule has 0 spiro atoms. The summed E-state index contributed by atoms with van der Waals surface area (Å²) in [4.78, 5) is 26.6. The van der Waals surface area contributed by atoms with Crippen LogP contribution in [-0.2, 0) is 19.1 Å². The molecule has 0 aromatic heterocycles. The SMILES string of the molecule is C=C=C=CC(CCCC)CCOC(=O)CCCCCCCCCC(CCCCCCCCCC(=O)OCCC(C)CCCC)CCN(C)CC. The van der Waals surface area contributed by atoms with Crippen molar-refractivity contribution in [3.63, 3.8) is 0 Å². The maximum Gasteiger partial charge on any atom is 0.305 e. The Kier molecular flexibility index (Phi) is 35.6. The molecule has 0 radical (unpaired) electrons. The third-order valence-corrected chi connectivity index (χ3v) is 10.5. The van der Waals surface area contributed by atoms with E-state index in [1.54, 1.807) is 0 Å². The number of hydrogen-bond donors (Lipinski definition) is 0. The first-order valence-corrected chi connectivity index (χ1v) is 21.5. The van der Waals surface area contributed by atoms with Crippen molar-refractivity contribution in [3.8, 4) is 0 Å². The topological polar surface area (TPSA) is 55.8 Å². The second-order valence-corrected chi connectivity index (χ2v) is 15.2. The highest BCUT2D eigenvalue weighted by atomic mass is 16.5. The summed E-state index contributed by atoms with van der Waals surface area (Å²) >= 11 is 0. The average molecular weight is 702 g/mol. The van der Waals surface area contributed by atoms with Crippen molar-refractivity contribution in [1.29, 1.82) is 0 Å². The monoisotopic (exact) mass is 702 g/mol. The summed E-state index contributed by atoms with van der Waals surface area (Å²) in [6.45, 7) is 16.0. The molecule has 0 saturated heterocycles. The minimum absolute atomic E-state index is 0.00400. The van der Waals surface area contributed by atoms with Crippen LogP contribution in [0.15, 0.2) is 24.1 Å². The summed E-state index contributed by atoms with van der Waals surface area (Å²) in [5, 5.41) is 0. The van der Waals surface area contributed by atoms with Gasteiger partial charge in [0.1, 0.15) is 0 Å². The second kappa shape index (κ2) is 37.0. The first-order chi connectivity index (χ1) is 24.4. The van der Waals surface area contributed by atoms with Gasteiger partial charge >= 0.3 is 11.9 Å². The second-order valence-electron chi connectivity index (χ2n) is 15.2. The lowest BCUT2D eigenvalue weighted by molar-refractivity contribution is -0.145. The summed E-state index contributed by atoms with van der Waals surface area (Å²) < 4.78 is 11.0. The Morgan fingerprint density at radius 1 is 0.620 bits per heavy atom. The van der Waals surface area contributed by atoms with E-state index in [1.807, 2.05) is 6.08 Å². The Morgan fingerprint density at radius 2 is 1.10 bits per heavy atom. The molecule has 0 aromatic rings. The quantitative estimate of drug-likeness (QED) is 0.0367. The van der Waals surface area contributed by atoms with Gasteiger partial charge < -0.3 is 14.4 Å². The van der Waals surface area contributed by atoms with Crippen molar-refractivity contribution >= 4 is 11.9 Å². The molecule has 0 aliphatic rings. The summed E-state index contributed by atoms with van der Waals surface area (Å²) in [7, 11) is 2.25. The van der Waals surface area contributed by atoms with Crippen LogP contribution < -0.4 is 0 Å². The number of nitrogens with zero attached hydrogens (tertiary/aromatic N) is 1. The van der Waals surface area contributed by atoms with Crippen LogP contribution >= 0.6 is 0 Å². The molecule has 0 saturated carbocycles. The Bertz CT molecular complexity index is 859. The number of ether oxygens (including phenoxy) is 2. The summed E-state index contributed by atoms with van der Waals surface area (Å²) in [6, 6.07) is 0. The molecule has 0 amide bonds.